The fraction of sp³-hybridized carbons (Fsp3) is 0.667. The Balaban J connectivity index is 2.26. The Hall–Kier alpha value is -1.63. The molecule has 1 aromatic rings. The summed E-state index contributed by atoms with van der Waals surface area (Å²) in [6.07, 6.45) is 0.974. The summed E-state index contributed by atoms with van der Waals surface area (Å²) in [4.78, 5) is 14.3. The summed E-state index contributed by atoms with van der Waals surface area (Å²) in [5.41, 5.74) is 0. The third-order valence-electron chi connectivity index (χ3n) is 2.87. The van der Waals surface area contributed by atoms with Crippen LogP contribution in [0.5, 0.6) is 0 Å². The number of aromatic nitrogens is 2. The van der Waals surface area contributed by atoms with Gasteiger partial charge in [-0.1, -0.05) is 0 Å². The molecule has 1 atom stereocenters. The Morgan fingerprint density at radius 3 is 3.00 bits per heavy atom. The van der Waals surface area contributed by atoms with Crippen LogP contribution in [-0.4, -0.2) is 33.6 Å². The van der Waals surface area contributed by atoms with Crippen molar-refractivity contribution in [1.29, 1.82) is 0 Å². The normalized spacial score (nSPS) is 20.0. The molecule has 1 aromatic heterocycles. The SMILES string of the molecule is Cc1nc([N+](=O)[O-])c(NC2CCNC2)n1C. The van der Waals surface area contributed by atoms with Gasteiger partial charge in [-0.05, 0) is 22.9 Å². The Bertz CT molecular complexity index is 408. The zero-order valence-electron chi connectivity index (χ0n) is 9.36. The molecule has 0 aliphatic carbocycles. The number of hydrogen-bond donors (Lipinski definition) is 2. The highest BCUT2D eigenvalue weighted by molar-refractivity contribution is 5.54. The Labute approximate surface area is 93.0 Å². The van der Waals surface area contributed by atoms with Crippen LogP contribution in [0.2, 0.25) is 0 Å². The monoisotopic (exact) mass is 225 g/mol. The molecule has 2 N–H and O–H groups in total. The number of nitrogens with one attached hydrogen (secondary N) is 2. The van der Waals surface area contributed by atoms with Gasteiger partial charge >= 0.3 is 5.82 Å². The summed E-state index contributed by atoms with van der Waals surface area (Å²) in [7, 11) is 1.78. The molecule has 1 fully saturated rings. The van der Waals surface area contributed by atoms with Gasteiger partial charge in [-0.3, -0.25) is 4.57 Å². The second-order valence-corrected chi connectivity index (χ2v) is 3.98. The van der Waals surface area contributed by atoms with Gasteiger partial charge in [0.05, 0.1) is 0 Å². The van der Waals surface area contributed by atoms with Crippen molar-refractivity contribution in [2.24, 2.45) is 7.05 Å². The van der Waals surface area contributed by atoms with Gasteiger partial charge in [-0.2, -0.15) is 0 Å². The van der Waals surface area contributed by atoms with Crippen LogP contribution in [0.3, 0.4) is 0 Å². The number of nitro groups is 1. The molecular weight excluding hydrogens is 210 g/mol. The third kappa shape index (κ3) is 1.85. The Morgan fingerprint density at radius 1 is 1.69 bits per heavy atom. The van der Waals surface area contributed by atoms with E-state index in [4.69, 9.17) is 0 Å². The van der Waals surface area contributed by atoms with Gasteiger partial charge in [0.2, 0.25) is 11.6 Å². The van der Waals surface area contributed by atoms with Gasteiger partial charge in [-0.25, -0.2) is 0 Å². The minimum Gasteiger partial charge on any atom is -0.360 e. The first-order chi connectivity index (χ1) is 7.59. The first-order valence-electron chi connectivity index (χ1n) is 5.24. The van der Waals surface area contributed by atoms with E-state index in [1.54, 1.807) is 18.5 Å². The predicted octanol–water partition coefficient (Wildman–Crippen LogP) is 0.411. The fourth-order valence-electron chi connectivity index (χ4n) is 1.85. The summed E-state index contributed by atoms with van der Waals surface area (Å²) >= 11 is 0. The number of rotatable bonds is 3. The highest BCUT2D eigenvalue weighted by Crippen LogP contribution is 2.25. The second kappa shape index (κ2) is 4.09. The smallest absolute Gasteiger partial charge is 0.360 e. The molecule has 0 spiro atoms. The number of aryl methyl sites for hydroxylation is 1. The molecule has 7 nitrogen and oxygen atoms in total. The fourth-order valence-corrected chi connectivity index (χ4v) is 1.85. The van der Waals surface area contributed by atoms with Crippen LogP contribution in [0.1, 0.15) is 12.2 Å². The first kappa shape index (κ1) is 10.9. The van der Waals surface area contributed by atoms with E-state index in [1.165, 1.54) is 0 Å². The molecule has 0 aromatic carbocycles. The lowest BCUT2D eigenvalue weighted by Gasteiger charge is -2.12. The number of hydrogen-bond acceptors (Lipinski definition) is 5. The summed E-state index contributed by atoms with van der Waals surface area (Å²) in [5, 5.41) is 17.2. The van der Waals surface area contributed by atoms with Crippen molar-refractivity contribution in [3.05, 3.63) is 15.9 Å². The van der Waals surface area contributed by atoms with Crippen LogP contribution in [0.4, 0.5) is 11.6 Å². The maximum absolute atomic E-state index is 10.8. The largest absolute Gasteiger partial charge is 0.406 e. The average Bonchev–Trinajstić information content (AvgIpc) is 2.81. The van der Waals surface area contributed by atoms with Gasteiger partial charge < -0.3 is 20.7 Å². The molecule has 1 unspecified atom stereocenters. The van der Waals surface area contributed by atoms with E-state index in [-0.39, 0.29) is 11.9 Å². The van der Waals surface area contributed by atoms with E-state index in [0.29, 0.717) is 11.6 Å². The van der Waals surface area contributed by atoms with Crippen LogP contribution in [0.25, 0.3) is 0 Å². The average molecular weight is 225 g/mol. The predicted molar refractivity (Wildman–Crippen MR) is 59.5 cm³/mol. The lowest BCUT2D eigenvalue weighted by molar-refractivity contribution is -0.388. The van der Waals surface area contributed by atoms with E-state index in [9.17, 15) is 10.1 Å². The third-order valence-corrected chi connectivity index (χ3v) is 2.87. The molecule has 2 rings (SSSR count). The van der Waals surface area contributed by atoms with E-state index in [1.807, 2.05) is 0 Å². The van der Waals surface area contributed by atoms with Crippen molar-refractivity contribution in [3.63, 3.8) is 0 Å². The maximum atomic E-state index is 10.8. The zero-order valence-corrected chi connectivity index (χ0v) is 9.36. The Morgan fingerprint density at radius 2 is 2.44 bits per heavy atom. The molecule has 0 bridgehead atoms. The summed E-state index contributed by atoms with van der Waals surface area (Å²) in [6.45, 7) is 3.54. The van der Waals surface area contributed by atoms with Gasteiger partial charge in [0, 0.05) is 26.6 Å². The molecule has 1 saturated heterocycles. The zero-order chi connectivity index (χ0) is 11.7. The van der Waals surface area contributed by atoms with Crippen LogP contribution in [0, 0.1) is 17.0 Å². The molecule has 0 saturated carbocycles. The molecule has 1 aliphatic rings. The topological polar surface area (TPSA) is 85.0 Å². The molecule has 0 radical (unpaired) electrons. The van der Waals surface area contributed by atoms with Crippen molar-refractivity contribution < 1.29 is 4.92 Å². The van der Waals surface area contributed by atoms with Gasteiger partial charge in [-0.15, -0.1) is 0 Å². The minimum atomic E-state index is -0.447. The number of anilines is 1. The van der Waals surface area contributed by atoms with Crippen molar-refractivity contribution in [1.82, 2.24) is 14.9 Å². The van der Waals surface area contributed by atoms with Crippen LogP contribution < -0.4 is 10.6 Å². The van der Waals surface area contributed by atoms with E-state index >= 15 is 0 Å². The lowest BCUT2D eigenvalue weighted by Crippen LogP contribution is -2.23. The minimum absolute atomic E-state index is 0.0908. The molecular formula is C9H15N5O2. The molecule has 0 amide bonds. The molecule has 2 heterocycles. The van der Waals surface area contributed by atoms with Crippen molar-refractivity contribution in [3.8, 4) is 0 Å². The standard InChI is InChI=1S/C9H15N5O2/c1-6-11-9(14(15)16)8(13(6)2)12-7-3-4-10-5-7/h7,10,12H,3-5H2,1-2H3. The molecule has 7 heteroatoms. The highest BCUT2D eigenvalue weighted by atomic mass is 16.6. The quantitative estimate of drug-likeness (QED) is 0.575. The van der Waals surface area contributed by atoms with Crippen LogP contribution in [0.15, 0.2) is 0 Å². The van der Waals surface area contributed by atoms with Gasteiger partial charge in [0.15, 0.2) is 0 Å². The van der Waals surface area contributed by atoms with Crippen molar-refractivity contribution in [2.45, 2.75) is 19.4 Å². The van der Waals surface area contributed by atoms with Crippen molar-refractivity contribution in [2.75, 3.05) is 18.4 Å². The van der Waals surface area contributed by atoms with E-state index < -0.39 is 4.92 Å². The van der Waals surface area contributed by atoms with E-state index in [0.717, 1.165) is 19.5 Å². The molecule has 1 aliphatic heterocycles. The van der Waals surface area contributed by atoms with Crippen LogP contribution in [-0.2, 0) is 7.05 Å². The summed E-state index contributed by atoms with van der Waals surface area (Å²) < 4.78 is 1.72. The highest BCUT2D eigenvalue weighted by Gasteiger charge is 2.26. The lowest BCUT2D eigenvalue weighted by atomic mass is 10.2. The van der Waals surface area contributed by atoms with Gasteiger partial charge in [0.1, 0.15) is 0 Å². The number of imidazole rings is 1. The molecule has 16 heavy (non-hydrogen) atoms. The van der Waals surface area contributed by atoms with Crippen LogP contribution >= 0.6 is 0 Å². The van der Waals surface area contributed by atoms with E-state index in [2.05, 4.69) is 15.6 Å². The second-order valence-electron chi connectivity index (χ2n) is 3.98. The van der Waals surface area contributed by atoms with Gasteiger partial charge in [0.25, 0.3) is 0 Å². The first-order valence-corrected chi connectivity index (χ1v) is 5.24. The molecule has 88 valence electrons. The summed E-state index contributed by atoms with van der Waals surface area (Å²) in [5.74, 6) is 1.04. The number of nitrogens with zero attached hydrogens (tertiary/aromatic N) is 3. The summed E-state index contributed by atoms with van der Waals surface area (Å²) in [6, 6.07) is 0.244. The maximum Gasteiger partial charge on any atom is 0.406 e. The Kier molecular flexibility index (Phi) is 2.78. The van der Waals surface area contributed by atoms with Crippen molar-refractivity contribution >= 4 is 11.6 Å².